The molecule has 1 heterocycles. The molecule has 2 aromatic carbocycles. The maximum atomic E-state index is 13.3. The Morgan fingerprint density at radius 2 is 2.00 bits per heavy atom. The summed E-state index contributed by atoms with van der Waals surface area (Å²) in [5.74, 6) is -0.445. The third-order valence-electron chi connectivity index (χ3n) is 4.47. The smallest absolute Gasteiger partial charge is 0.227 e. The van der Waals surface area contributed by atoms with Crippen molar-refractivity contribution in [3.8, 4) is 5.75 Å². The fourth-order valence-electron chi connectivity index (χ4n) is 3.09. The standard InChI is InChI=1S/C19H20ClFN2O2/c20-15-4-5-18(24)17(11-15)22-19(25)14-6-8-23(9-7-14)12-13-2-1-3-16(21)10-13/h1-5,10-11,14,24H,6-9,12H2,(H,22,25). The van der Waals surface area contributed by atoms with E-state index in [1.165, 1.54) is 18.2 Å². The number of halogens is 2. The highest BCUT2D eigenvalue weighted by atomic mass is 35.5. The summed E-state index contributed by atoms with van der Waals surface area (Å²) in [5.41, 5.74) is 1.27. The Labute approximate surface area is 151 Å². The molecule has 4 nitrogen and oxygen atoms in total. The fourth-order valence-corrected chi connectivity index (χ4v) is 3.26. The molecule has 0 aliphatic carbocycles. The number of amides is 1. The molecule has 1 saturated heterocycles. The second-order valence-electron chi connectivity index (χ2n) is 6.33. The highest BCUT2D eigenvalue weighted by Gasteiger charge is 2.25. The van der Waals surface area contributed by atoms with Gasteiger partial charge in [0.15, 0.2) is 0 Å². The first-order valence-corrected chi connectivity index (χ1v) is 8.65. The number of phenols is 1. The van der Waals surface area contributed by atoms with E-state index in [1.807, 2.05) is 6.07 Å². The van der Waals surface area contributed by atoms with Gasteiger partial charge >= 0.3 is 0 Å². The van der Waals surface area contributed by atoms with Crippen LogP contribution in [0.2, 0.25) is 5.02 Å². The minimum Gasteiger partial charge on any atom is -0.506 e. The normalized spacial score (nSPS) is 15.9. The van der Waals surface area contributed by atoms with Gasteiger partial charge in [-0.1, -0.05) is 23.7 Å². The molecule has 132 valence electrons. The molecule has 0 saturated carbocycles. The van der Waals surface area contributed by atoms with E-state index in [0.717, 1.165) is 31.5 Å². The van der Waals surface area contributed by atoms with Gasteiger partial charge in [-0.2, -0.15) is 0 Å². The highest BCUT2D eigenvalue weighted by molar-refractivity contribution is 6.31. The van der Waals surface area contributed by atoms with E-state index in [1.54, 1.807) is 18.2 Å². The molecule has 1 aliphatic rings. The Kier molecular flexibility index (Phi) is 5.56. The topological polar surface area (TPSA) is 52.6 Å². The predicted octanol–water partition coefficient (Wildman–Crippen LogP) is 4.04. The van der Waals surface area contributed by atoms with Gasteiger partial charge in [-0.25, -0.2) is 4.39 Å². The number of benzene rings is 2. The molecule has 1 amide bonds. The van der Waals surface area contributed by atoms with E-state index in [-0.39, 0.29) is 23.4 Å². The maximum Gasteiger partial charge on any atom is 0.227 e. The zero-order chi connectivity index (χ0) is 17.8. The van der Waals surface area contributed by atoms with Gasteiger partial charge in [0.1, 0.15) is 11.6 Å². The number of nitrogens with one attached hydrogen (secondary N) is 1. The minimum atomic E-state index is -0.229. The first kappa shape index (κ1) is 17.7. The van der Waals surface area contributed by atoms with Crippen molar-refractivity contribution in [1.82, 2.24) is 4.90 Å². The molecule has 3 rings (SSSR count). The van der Waals surface area contributed by atoms with Crippen molar-refractivity contribution in [1.29, 1.82) is 0 Å². The summed E-state index contributed by atoms with van der Waals surface area (Å²) in [5, 5.41) is 13.0. The van der Waals surface area contributed by atoms with Gasteiger partial charge in [-0.05, 0) is 61.8 Å². The molecule has 0 spiro atoms. The molecule has 2 N–H and O–H groups in total. The Morgan fingerprint density at radius 1 is 1.24 bits per heavy atom. The van der Waals surface area contributed by atoms with E-state index in [9.17, 15) is 14.3 Å². The highest BCUT2D eigenvalue weighted by Crippen LogP contribution is 2.28. The second kappa shape index (κ2) is 7.85. The van der Waals surface area contributed by atoms with E-state index < -0.39 is 0 Å². The summed E-state index contributed by atoms with van der Waals surface area (Å²) >= 11 is 5.90. The number of anilines is 1. The van der Waals surface area contributed by atoms with Crippen molar-refractivity contribution < 1.29 is 14.3 Å². The average Bonchev–Trinajstić information content (AvgIpc) is 2.59. The number of carbonyl (C=O) groups is 1. The molecular weight excluding hydrogens is 343 g/mol. The Hall–Kier alpha value is -2.11. The molecule has 2 aromatic rings. The van der Waals surface area contributed by atoms with Crippen LogP contribution in [0.3, 0.4) is 0 Å². The summed E-state index contributed by atoms with van der Waals surface area (Å²) in [6, 6.07) is 11.2. The van der Waals surface area contributed by atoms with Gasteiger partial charge < -0.3 is 10.4 Å². The Morgan fingerprint density at radius 3 is 2.72 bits per heavy atom. The van der Waals surface area contributed by atoms with Gasteiger partial charge in [0.25, 0.3) is 0 Å². The summed E-state index contributed by atoms with van der Waals surface area (Å²) in [6.07, 6.45) is 1.45. The van der Waals surface area contributed by atoms with Gasteiger partial charge in [-0.15, -0.1) is 0 Å². The third-order valence-corrected chi connectivity index (χ3v) is 4.71. The molecule has 25 heavy (non-hydrogen) atoms. The fraction of sp³-hybridized carbons (Fsp3) is 0.316. The molecule has 1 aliphatic heterocycles. The first-order chi connectivity index (χ1) is 12.0. The summed E-state index contributed by atoms with van der Waals surface area (Å²) < 4.78 is 13.3. The van der Waals surface area contributed by atoms with E-state index >= 15 is 0 Å². The van der Waals surface area contributed by atoms with Crippen molar-refractivity contribution >= 4 is 23.2 Å². The van der Waals surface area contributed by atoms with E-state index in [0.29, 0.717) is 17.3 Å². The van der Waals surface area contributed by atoms with Crippen LogP contribution in [-0.4, -0.2) is 29.0 Å². The van der Waals surface area contributed by atoms with Crippen molar-refractivity contribution in [2.45, 2.75) is 19.4 Å². The van der Waals surface area contributed by atoms with Crippen molar-refractivity contribution in [2.75, 3.05) is 18.4 Å². The van der Waals surface area contributed by atoms with Crippen molar-refractivity contribution in [3.63, 3.8) is 0 Å². The SMILES string of the molecule is O=C(Nc1cc(Cl)ccc1O)C1CCN(Cc2cccc(F)c2)CC1. The molecule has 0 radical (unpaired) electrons. The summed E-state index contributed by atoms with van der Waals surface area (Å²) in [6.45, 7) is 2.23. The third kappa shape index (κ3) is 4.71. The van der Waals surface area contributed by atoms with Crippen LogP contribution in [0.15, 0.2) is 42.5 Å². The van der Waals surface area contributed by atoms with Gasteiger partial charge in [0.05, 0.1) is 5.69 Å². The lowest BCUT2D eigenvalue weighted by atomic mass is 9.95. The quantitative estimate of drug-likeness (QED) is 0.807. The number of likely N-dealkylation sites (tertiary alicyclic amines) is 1. The molecule has 0 unspecified atom stereocenters. The number of piperidine rings is 1. The Bertz CT molecular complexity index is 761. The number of hydrogen-bond acceptors (Lipinski definition) is 3. The maximum absolute atomic E-state index is 13.3. The monoisotopic (exact) mass is 362 g/mol. The summed E-state index contributed by atoms with van der Waals surface area (Å²) in [7, 11) is 0. The first-order valence-electron chi connectivity index (χ1n) is 8.27. The molecule has 6 heteroatoms. The van der Waals surface area contributed by atoms with Crippen LogP contribution < -0.4 is 5.32 Å². The summed E-state index contributed by atoms with van der Waals surface area (Å²) in [4.78, 5) is 14.6. The van der Waals surface area contributed by atoms with Crippen LogP contribution >= 0.6 is 11.6 Å². The molecular formula is C19H20ClFN2O2. The zero-order valence-electron chi connectivity index (χ0n) is 13.7. The molecule has 0 bridgehead atoms. The largest absolute Gasteiger partial charge is 0.506 e. The van der Waals surface area contributed by atoms with Crippen LogP contribution in [0.4, 0.5) is 10.1 Å². The Balaban J connectivity index is 1.53. The molecule has 0 atom stereocenters. The zero-order valence-corrected chi connectivity index (χ0v) is 14.5. The van der Waals surface area contributed by atoms with Crippen molar-refractivity contribution in [2.24, 2.45) is 5.92 Å². The predicted molar refractivity (Wildman–Crippen MR) is 96.1 cm³/mol. The number of nitrogens with zero attached hydrogens (tertiary/aromatic N) is 1. The number of aromatic hydroxyl groups is 1. The number of phenolic OH excluding ortho intramolecular Hbond substituents is 1. The van der Waals surface area contributed by atoms with Crippen molar-refractivity contribution in [3.05, 3.63) is 58.9 Å². The van der Waals surface area contributed by atoms with E-state index in [2.05, 4.69) is 10.2 Å². The average molecular weight is 363 g/mol. The van der Waals surface area contributed by atoms with Crippen LogP contribution in [0.25, 0.3) is 0 Å². The lowest BCUT2D eigenvalue weighted by Gasteiger charge is -2.31. The number of carbonyl (C=O) groups excluding carboxylic acids is 1. The van der Waals surface area contributed by atoms with Gasteiger partial charge in [0, 0.05) is 17.5 Å². The van der Waals surface area contributed by atoms with Crippen LogP contribution in [0.1, 0.15) is 18.4 Å². The molecule has 0 aromatic heterocycles. The number of rotatable bonds is 4. The minimum absolute atomic E-state index is 0.00119. The van der Waals surface area contributed by atoms with Crippen LogP contribution in [0.5, 0.6) is 5.75 Å². The van der Waals surface area contributed by atoms with Crippen LogP contribution in [0, 0.1) is 11.7 Å². The lowest BCUT2D eigenvalue weighted by molar-refractivity contribution is -0.121. The second-order valence-corrected chi connectivity index (χ2v) is 6.77. The number of hydrogen-bond donors (Lipinski definition) is 2. The lowest BCUT2D eigenvalue weighted by Crippen LogP contribution is -2.37. The van der Waals surface area contributed by atoms with Crippen LogP contribution in [-0.2, 0) is 11.3 Å². The van der Waals surface area contributed by atoms with Gasteiger partial charge in [0.2, 0.25) is 5.91 Å². The van der Waals surface area contributed by atoms with E-state index in [4.69, 9.17) is 11.6 Å². The molecule has 1 fully saturated rings. The van der Waals surface area contributed by atoms with Gasteiger partial charge in [-0.3, -0.25) is 9.69 Å².